The van der Waals surface area contributed by atoms with Gasteiger partial charge in [-0.2, -0.15) is 0 Å². The first kappa shape index (κ1) is 28.9. The van der Waals surface area contributed by atoms with Gasteiger partial charge in [0.15, 0.2) is 9.84 Å². The number of carbonyl (C=O) groups excluding carboxylic acids is 2. The highest BCUT2D eigenvalue weighted by Crippen LogP contribution is 2.48. The number of hydrogen-bond acceptors (Lipinski definition) is 8. The fourth-order valence-electron chi connectivity index (χ4n) is 6.79. The largest absolute Gasteiger partial charge is 0.304 e. The number of nitrogens with one attached hydrogen (secondary N) is 3. The third-order valence-electron chi connectivity index (χ3n) is 9.60. The number of pyridine rings is 1. The van der Waals surface area contributed by atoms with Crippen molar-refractivity contribution >= 4 is 27.3 Å². The summed E-state index contributed by atoms with van der Waals surface area (Å²) in [6, 6.07) is 13.4. The first-order valence-electron chi connectivity index (χ1n) is 14.3. The number of carbonyl (C=O) groups is 2. The van der Waals surface area contributed by atoms with E-state index in [0.717, 1.165) is 51.2 Å². The molecule has 5 rings (SSSR count). The topological polar surface area (TPSA) is 121 Å². The van der Waals surface area contributed by atoms with Gasteiger partial charge in [0, 0.05) is 35.5 Å². The number of hydrogen-bond donors (Lipinski definition) is 3. The van der Waals surface area contributed by atoms with Gasteiger partial charge in [-0.05, 0) is 76.2 Å². The lowest BCUT2D eigenvalue weighted by molar-refractivity contribution is -0.138. The second-order valence-corrected chi connectivity index (χ2v) is 14.3. The van der Waals surface area contributed by atoms with E-state index in [2.05, 4.69) is 70.5 Å². The van der Waals surface area contributed by atoms with Crippen molar-refractivity contribution in [1.82, 2.24) is 20.7 Å². The molecule has 1 unspecified atom stereocenters. The molecular formula is C30H41N5O4S. The Balaban J connectivity index is 1.27. The third-order valence-corrected chi connectivity index (χ3v) is 10.7. The van der Waals surface area contributed by atoms with Gasteiger partial charge in [0.1, 0.15) is 5.82 Å². The van der Waals surface area contributed by atoms with Crippen LogP contribution in [0.1, 0.15) is 63.4 Å². The lowest BCUT2D eigenvalue weighted by Gasteiger charge is -2.49. The molecule has 3 N–H and O–H groups in total. The van der Waals surface area contributed by atoms with Gasteiger partial charge < -0.3 is 5.32 Å². The van der Waals surface area contributed by atoms with E-state index in [0.29, 0.717) is 12.3 Å². The summed E-state index contributed by atoms with van der Waals surface area (Å²) in [5.41, 5.74) is 8.23. The standard InChI is InChI=1S/C30H41N5O4S/c1-35(2)30(22-10-5-4-6-11-22)16-14-29(15-17-30)19-25(33-34-29)24(18-21-8-7-9-21)27(36)28(37)32-26-13-12-23(20-31-26)40(3,38)39/h4-6,10-13,20-21,24-25,33-34H,7-9,14-19H2,1-3H3,(H,31,32,37)/t24?,25-,29?,30?/m0/s1. The molecule has 2 atom stereocenters. The second kappa shape index (κ2) is 11.3. The monoisotopic (exact) mass is 567 g/mol. The van der Waals surface area contributed by atoms with Crippen molar-refractivity contribution in [2.45, 2.75) is 79.8 Å². The maximum absolute atomic E-state index is 13.6. The summed E-state index contributed by atoms with van der Waals surface area (Å²) in [5.74, 6) is -0.971. The van der Waals surface area contributed by atoms with E-state index in [-0.39, 0.29) is 27.8 Å². The summed E-state index contributed by atoms with van der Waals surface area (Å²) in [5, 5.41) is 2.60. The van der Waals surface area contributed by atoms with Crippen LogP contribution in [-0.4, -0.2) is 61.9 Å². The van der Waals surface area contributed by atoms with Crippen LogP contribution in [0.25, 0.3) is 0 Å². The highest BCUT2D eigenvalue weighted by atomic mass is 32.2. The van der Waals surface area contributed by atoms with Gasteiger partial charge in [0.05, 0.1) is 4.90 Å². The first-order chi connectivity index (χ1) is 19.0. The van der Waals surface area contributed by atoms with Gasteiger partial charge in [0.2, 0.25) is 5.78 Å². The Morgan fingerprint density at radius 3 is 2.33 bits per heavy atom. The zero-order valence-corrected chi connectivity index (χ0v) is 24.5. The summed E-state index contributed by atoms with van der Waals surface area (Å²) in [6.07, 6.45) is 11.1. The van der Waals surface area contributed by atoms with E-state index < -0.39 is 27.4 Å². The molecule has 2 aromatic rings. The van der Waals surface area contributed by atoms with Crippen LogP contribution in [0.3, 0.4) is 0 Å². The van der Waals surface area contributed by atoms with Gasteiger partial charge in [-0.3, -0.25) is 25.3 Å². The van der Waals surface area contributed by atoms with E-state index in [9.17, 15) is 18.0 Å². The van der Waals surface area contributed by atoms with E-state index in [1.54, 1.807) is 0 Å². The molecule has 216 valence electrons. The number of sulfone groups is 1. The average Bonchev–Trinajstić information content (AvgIpc) is 3.31. The number of hydrazine groups is 1. The molecule has 2 saturated carbocycles. The molecule has 40 heavy (non-hydrogen) atoms. The smallest absolute Gasteiger partial charge is 0.293 e. The van der Waals surface area contributed by atoms with Gasteiger partial charge in [-0.25, -0.2) is 13.4 Å². The number of benzene rings is 1. The van der Waals surface area contributed by atoms with Crippen LogP contribution in [0, 0.1) is 11.8 Å². The van der Waals surface area contributed by atoms with Crippen molar-refractivity contribution in [2.75, 3.05) is 25.7 Å². The minimum Gasteiger partial charge on any atom is -0.304 e. The maximum atomic E-state index is 13.6. The van der Waals surface area contributed by atoms with Crippen molar-refractivity contribution < 1.29 is 18.0 Å². The summed E-state index contributed by atoms with van der Waals surface area (Å²) in [4.78, 5) is 33.1. The predicted molar refractivity (Wildman–Crippen MR) is 154 cm³/mol. The number of anilines is 1. The van der Waals surface area contributed by atoms with E-state index >= 15 is 0 Å². The number of amides is 1. The van der Waals surface area contributed by atoms with Gasteiger partial charge >= 0.3 is 0 Å². The number of ketones is 1. The Hall–Kier alpha value is -2.66. The first-order valence-corrected chi connectivity index (χ1v) is 16.2. The zero-order valence-electron chi connectivity index (χ0n) is 23.7. The van der Waals surface area contributed by atoms with Crippen LogP contribution in [0.2, 0.25) is 0 Å². The highest BCUT2D eigenvalue weighted by molar-refractivity contribution is 7.90. The molecule has 1 amide bonds. The normalized spacial score (nSPS) is 27.9. The number of aromatic nitrogens is 1. The summed E-state index contributed by atoms with van der Waals surface area (Å²) in [6.45, 7) is 0. The van der Waals surface area contributed by atoms with Gasteiger partial charge in [0.25, 0.3) is 5.91 Å². The number of Topliss-reactive ketones (excluding diaryl/α,β-unsaturated/α-hetero) is 1. The summed E-state index contributed by atoms with van der Waals surface area (Å²) >= 11 is 0. The minimum absolute atomic E-state index is 0.0209. The fraction of sp³-hybridized carbons (Fsp3) is 0.567. The Labute approximate surface area is 237 Å². The molecule has 0 radical (unpaired) electrons. The highest BCUT2D eigenvalue weighted by Gasteiger charge is 2.50. The zero-order chi connectivity index (χ0) is 28.5. The quantitative estimate of drug-likeness (QED) is 0.394. The van der Waals surface area contributed by atoms with Crippen LogP contribution in [0.4, 0.5) is 5.82 Å². The van der Waals surface area contributed by atoms with Crippen LogP contribution >= 0.6 is 0 Å². The Morgan fingerprint density at radius 1 is 1.07 bits per heavy atom. The molecule has 3 aliphatic rings. The fourth-order valence-corrected chi connectivity index (χ4v) is 7.35. The van der Waals surface area contributed by atoms with Crippen molar-refractivity contribution in [2.24, 2.45) is 11.8 Å². The van der Waals surface area contributed by atoms with Gasteiger partial charge in [-0.1, -0.05) is 49.6 Å². The molecule has 9 nitrogen and oxygen atoms in total. The van der Waals surface area contributed by atoms with Crippen LogP contribution in [0.15, 0.2) is 53.6 Å². The van der Waals surface area contributed by atoms with Crippen LogP contribution in [0.5, 0.6) is 0 Å². The third kappa shape index (κ3) is 5.86. The Bertz CT molecular complexity index is 1320. The van der Waals surface area contributed by atoms with Crippen LogP contribution < -0.4 is 16.2 Å². The lowest BCUT2D eigenvalue weighted by Crippen LogP contribution is -2.53. The number of nitrogens with zero attached hydrogens (tertiary/aromatic N) is 2. The van der Waals surface area contributed by atoms with Crippen molar-refractivity contribution in [1.29, 1.82) is 0 Å². The lowest BCUT2D eigenvalue weighted by atomic mass is 9.66. The molecule has 1 aromatic heterocycles. The summed E-state index contributed by atoms with van der Waals surface area (Å²) < 4.78 is 23.4. The van der Waals surface area contributed by atoms with E-state index in [4.69, 9.17) is 0 Å². The van der Waals surface area contributed by atoms with Crippen molar-refractivity contribution in [3.63, 3.8) is 0 Å². The molecule has 10 heteroatoms. The predicted octanol–water partition coefficient (Wildman–Crippen LogP) is 3.44. The molecule has 1 aromatic carbocycles. The van der Waals surface area contributed by atoms with Crippen LogP contribution in [-0.2, 0) is 25.0 Å². The number of rotatable bonds is 9. The molecule has 1 spiro atoms. The van der Waals surface area contributed by atoms with Gasteiger partial charge in [-0.15, -0.1) is 0 Å². The Morgan fingerprint density at radius 2 is 1.77 bits per heavy atom. The Kier molecular flexibility index (Phi) is 8.16. The molecule has 2 aliphatic carbocycles. The average molecular weight is 568 g/mol. The second-order valence-electron chi connectivity index (χ2n) is 12.3. The maximum Gasteiger partial charge on any atom is 0.293 e. The minimum atomic E-state index is -3.40. The molecule has 3 fully saturated rings. The van der Waals surface area contributed by atoms with E-state index in [1.165, 1.54) is 30.3 Å². The van der Waals surface area contributed by atoms with Crippen molar-refractivity contribution in [3.8, 4) is 0 Å². The molecular weight excluding hydrogens is 526 g/mol. The molecule has 1 aliphatic heterocycles. The van der Waals surface area contributed by atoms with E-state index in [1.807, 2.05) is 0 Å². The molecule has 0 bridgehead atoms. The molecule has 1 saturated heterocycles. The SMILES string of the molecule is CN(C)C1(c2ccccc2)CCC2(CC1)C[C@@H](C(CC1CCC1)C(=O)C(=O)Nc1ccc(S(C)(=O)=O)cn1)NN2. The summed E-state index contributed by atoms with van der Waals surface area (Å²) in [7, 11) is 0.912. The molecule has 2 heterocycles. The van der Waals surface area contributed by atoms with Crippen molar-refractivity contribution in [3.05, 3.63) is 54.2 Å².